The van der Waals surface area contributed by atoms with Crippen molar-refractivity contribution in [2.45, 2.75) is 32.7 Å². The third kappa shape index (κ3) is 3.13. The SMILES string of the molecule is Cc1ccc(CC(N)CCO)c(C)c1. The normalized spacial score (nSPS) is 12.9. The zero-order valence-electron chi connectivity index (χ0n) is 8.96. The summed E-state index contributed by atoms with van der Waals surface area (Å²) < 4.78 is 0. The first kappa shape index (κ1) is 11.2. The zero-order valence-corrected chi connectivity index (χ0v) is 8.96. The second-order valence-electron chi connectivity index (χ2n) is 3.91. The fraction of sp³-hybridized carbons (Fsp3) is 0.500. The summed E-state index contributed by atoms with van der Waals surface area (Å²) in [4.78, 5) is 0. The highest BCUT2D eigenvalue weighted by Gasteiger charge is 2.05. The van der Waals surface area contributed by atoms with E-state index in [9.17, 15) is 0 Å². The average molecular weight is 193 g/mol. The molecule has 0 aliphatic rings. The lowest BCUT2D eigenvalue weighted by molar-refractivity contribution is 0.275. The molecule has 0 saturated heterocycles. The first-order chi connectivity index (χ1) is 6.63. The van der Waals surface area contributed by atoms with Crippen LogP contribution in [0.1, 0.15) is 23.1 Å². The van der Waals surface area contributed by atoms with Crippen LogP contribution in [0.2, 0.25) is 0 Å². The molecule has 1 aromatic carbocycles. The minimum absolute atomic E-state index is 0.0707. The Morgan fingerprint density at radius 1 is 1.36 bits per heavy atom. The van der Waals surface area contributed by atoms with Crippen LogP contribution in [-0.2, 0) is 6.42 Å². The van der Waals surface area contributed by atoms with Crippen molar-refractivity contribution in [3.8, 4) is 0 Å². The van der Waals surface area contributed by atoms with Crippen molar-refractivity contribution in [3.05, 3.63) is 34.9 Å². The lowest BCUT2D eigenvalue weighted by atomic mass is 9.98. The number of aliphatic hydroxyl groups excluding tert-OH is 1. The van der Waals surface area contributed by atoms with Crippen LogP contribution in [0.5, 0.6) is 0 Å². The fourth-order valence-electron chi connectivity index (χ4n) is 1.63. The van der Waals surface area contributed by atoms with Crippen LogP contribution in [0.3, 0.4) is 0 Å². The molecule has 1 rings (SSSR count). The molecular formula is C12H19NO. The van der Waals surface area contributed by atoms with Gasteiger partial charge in [0, 0.05) is 12.6 Å². The molecule has 3 N–H and O–H groups in total. The smallest absolute Gasteiger partial charge is 0.0445 e. The van der Waals surface area contributed by atoms with Gasteiger partial charge >= 0.3 is 0 Å². The van der Waals surface area contributed by atoms with Crippen molar-refractivity contribution < 1.29 is 5.11 Å². The van der Waals surface area contributed by atoms with E-state index in [2.05, 4.69) is 32.0 Å². The lowest BCUT2D eigenvalue weighted by Crippen LogP contribution is -2.24. The van der Waals surface area contributed by atoms with Gasteiger partial charge in [0.15, 0.2) is 0 Å². The topological polar surface area (TPSA) is 46.2 Å². The highest BCUT2D eigenvalue weighted by Crippen LogP contribution is 2.12. The van der Waals surface area contributed by atoms with Gasteiger partial charge in [-0.15, -0.1) is 0 Å². The van der Waals surface area contributed by atoms with E-state index < -0.39 is 0 Å². The van der Waals surface area contributed by atoms with Gasteiger partial charge < -0.3 is 10.8 Å². The predicted octanol–water partition coefficient (Wildman–Crippen LogP) is 1.56. The van der Waals surface area contributed by atoms with E-state index in [4.69, 9.17) is 10.8 Å². The molecule has 0 bridgehead atoms. The maximum Gasteiger partial charge on any atom is 0.0445 e. The maximum atomic E-state index is 8.75. The van der Waals surface area contributed by atoms with Gasteiger partial charge in [0.25, 0.3) is 0 Å². The highest BCUT2D eigenvalue weighted by atomic mass is 16.3. The molecule has 0 aliphatic heterocycles. The van der Waals surface area contributed by atoms with Gasteiger partial charge in [0.1, 0.15) is 0 Å². The van der Waals surface area contributed by atoms with E-state index in [1.165, 1.54) is 16.7 Å². The average Bonchev–Trinajstić information content (AvgIpc) is 2.10. The first-order valence-electron chi connectivity index (χ1n) is 5.06. The van der Waals surface area contributed by atoms with Crippen molar-refractivity contribution >= 4 is 0 Å². The van der Waals surface area contributed by atoms with Crippen LogP contribution in [0.15, 0.2) is 18.2 Å². The monoisotopic (exact) mass is 193 g/mol. The fourth-order valence-corrected chi connectivity index (χ4v) is 1.63. The number of hydrogen-bond donors (Lipinski definition) is 2. The number of benzene rings is 1. The third-order valence-corrected chi connectivity index (χ3v) is 2.48. The summed E-state index contributed by atoms with van der Waals surface area (Å²) in [5.74, 6) is 0. The number of aliphatic hydroxyl groups is 1. The van der Waals surface area contributed by atoms with Crippen LogP contribution < -0.4 is 5.73 Å². The summed E-state index contributed by atoms with van der Waals surface area (Å²) in [5.41, 5.74) is 9.72. The Hall–Kier alpha value is -0.860. The molecule has 14 heavy (non-hydrogen) atoms. The van der Waals surface area contributed by atoms with E-state index in [1.807, 2.05) is 0 Å². The summed E-state index contributed by atoms with van der Waals surface area (Å²) in [6.07, 6.45) is 1.53. The van der Waals surface area contributed by atoms with Gasteiger partial charge in [0.05, 0.1) is 0 Å². The molecule has 0 amide bonds. The van der Waals surface area contributed by atoms with E-state index in [1.54, 1.807) is 0 Å². The van der Waals surface area contributed by atoms with E-state index >= 15 is 0 Å². The Morgan fingerprint density at radius 2 is 2.07 bits per heavy atom. The molecule has 0 spiro atoms. The zero-order chi connectivity index (χ0) is 10.6. The molecule has 0 heterocycles. The summed E-state index contributed by atoms with van der Waals surface area (Å²) in [7, 11) is 0. The van der Waals surface area contributed by atoms with Crippen LogP contribution in [0.4, 0.5) is 0 Å². The lowest BCUT2D eigenvalue weighted by Gasteiger charge is -2.12. The van der Waals surface area contributed by atoms with Crippen molar-refractivity contribution in [1.29, 1.82) is 0 Å². The molecule has 2 heteroatoms. The number of aryl methyl sites for hydroxylation is 2. The summed E-state index contributed by atoms with van der Waals surface area (Å²) in [6, 6.07) is 6.47. The molecule has 0 saturated carbocycles. The standard InChI is InChI=1S/C12H19NO/c1-9-3-4-11(10(2)7-9)8-12(13)5-6-14/h3-4,7,12,14H,5-6,8,13H2,1-2H3. The van der Waals surface area contributed by atoms with Crippen molar-refractivity contribution in [3.63, 3.8) is 0 Å². The van der Waals surface area contributed by atoms with Crippen molar-refractivity contribution in [2.75, 3.05) is 6.61 Å². The third-order valence-electron chi connectivity index (χ3n) is 2.48. The van der Waals surface area contributed by atoms with E-state index in [0.29, 0.717) is 6.42 Å². The molecular weight excluding hydrogens is 174 g/mol. The Bertz CT molecular complexity index is 296. The largest absolute Gasteiger partial charge is 0.396 e. The van der Waals surface area contributed by atoms with Gasteiger partial charge in [0.2, 0.25) is 0 Å². The molecule has 0 radical (unpaired) electrons. The molecule has 0 fully saturated rings. The van der Waals surface area contributed by atoms with Crippen LogP contribution in [0.25, 0.3) is 0 Å². The van der Waals surface area contributed by atoms with Gasteiger partial charge in [-0.25, -0.2) is 0 Å². The number of rotatable bonds is 4. The second-order valence-corrected chi connectivity index (χ2v) is 3.91. The van der Waals surface area contributed by atoms with Gasteiger partial charge in [-0.05, 0) is 37.8 Å². The van der Waals surface area contributed by atoms with Crippen LogP contribution >= 0.6 is 0 Å². The minimum atomic E-state index is 0.0707. The summed E-state index contributed by atoms with van der Waals surface area (Å²) in [6.45, 7) is 4.37. The number of hydrogen-bond acceptors (Lipinski definition) is 2. The minimum Gasteiger partial charge on any atom is -0.396 e. The van der Waals surface area contributed by atoms with Gasteiger partial charge in [-0.1, -0.05) is 23.8 Å². The summed E-state index contributed by atoms with van der Waals surface area (Å²) in [5, 5.41) is 8.75. The Kier molecular flexibility index (Phi) is 4.11. The first-order valence-corrected chi connectivity index (χ1v) is 5.06. The van der Waals surface area contributed by atoms with Crippen LogP contribution in [0, 0.1) is 13.8 Å². The molecule has 0 aliphatic carbocycles. The predicted molar refractivity (Wildman–Crippen MR) is 59.3 cm³/mol. The number of nitrogens with two attached hydrogens (primary N) is 1. The quantitative estimate of drug-likeness (QED) is 0.762. The van der Waals surface area contributed by atoms with E-state index in [-0.39, 0.29) is 12.6 Å². The highest BCUT2D eigenvalue weighted by molar-refractivity contribution is 5.30. The molecule has 1 atom stereocenters. The van der Waals surface area contributed by atoms with E-state index in [0.717, 1.165) is 6.42 Å². The van der Waals surface area contributed by atoms with Crippen LogP contribution in [-0.4, -0.2) is 17.8 Å². The van der Waals surface area contributed by atoms with Crippen molar-refractivity contribution in [2.24, 2.45) is 5.73 Å². The Morgan fingerprint density at radius 3 is 2.64 bits per heavy atom. The molecule has 78 valence electrons. The molecule has 2 nitrogen and oxygen atoms in total. The maximum absolute atomic E-state index is 8.75. The van der Waals surface area contributed by atoms with Gasteiger partial charge in [-0.2, -0.15) is 0 Å². The summed E-state index contributed by atoms with van der Waals surface area (Å²) >= 11 is 0. The van der Waals surface area contributed by atoms with Crippen molar-refractivity contribution in [1.82, 2.24) is 0 Å². The Balaban J connectivity index is 2.67. The Labute approximate surface area is 85.8 Å². The second kappa shape index (κ2) is 5.13. The molecule has 1 aromatic rings. The molecule has 0 aromatic heterocycles. The molecule has 1 unspecified atom stereocenters. The van der Waals surface area contributed by atoms with Gasteiger partial charge in [-0.3, -0.25) is 0 Å².